The highest BCUT2D eigenvalue weighted by Crippen LogP contribution is 2.26. The molecule has 3 aromatic rings. The predicted molar refractivity (Wildman–Crippen MR) is 92.6 cm³/mol. The van der Waals surface area contributed by atoms with Crippen molar-refractivity contribution >= 4 is 16.9 Å². The van der Waals surface area contributed by atoms with Crippen molar-refractivity contribution in [3.63, 3.8) is 0 Å². The number of fused-ring (bicyclic) bond motifs is 1. The van der Waals surface area contributed by atoms with Gasteiger partial charge in [-0.25, -0.2) is 9.97 Å². The third kappa shape index (κ3) is 3.38. The first-order valence-corrected chi connectivity index (χ1v) is 8.44. The Hall–Kier alpha value is -2.47. The summed E-state index contributed by atoms with van der Waals surface area (Å²) >= 11 is 0. The Kier molecular flexibility index (Phi) is 4.38. The largest absolute Gasteiger partial charge is 0.374 e. The van der Waals surface area contributed by atoms with Crippen molar-refractivity contribution in [2.75, 3.05) is 5.32 Å². The van der Waals surface area contributed by atoms with Crippen LogP contribution in [0.5, 0.6) is 0 Å². The third-order valence-corrected chi connectivity index (χ3v) is 4.59. The summed E-state index contributed by atoms with van der Waals surface area (Å²) in [5.41, 5.74) is 2.01. The molecular formula is C18H21N5O. The molecule has 1 aliphatic carbocycles. The van der Waals surface area contributed by atoms with E-state index in [0.29, 0.717) is 18.8 Å². The molecule has 4 rings (SSSR count). The van der Waals surface area contributed by atoms with E-state index in [4.69, 9.17) is 4.74 Å². The number of anilines is 1. The minimum atomic E-state index is 0.350. The summed E-state index contributed by atoms with van der Waals surface area (Å²) in [7, 11) is 0. The molecule has 0 atom stereocenters. The van der Waals surface area contributed by atoms with Gasteiger partial charge in [-0.05, 0) is 31.2 Å². The lowest BCUT2D eigenvalue weighted by Crippen LogP contribution is -2.30. The smallest absolute Gasteiger partial charge is 0.160 e. The lowest BCUT2D eigenvalue weighted by molar-refractivity contribution is 0.0150. The number of aromatic nitrogens is 4. The quantitative estimate of drug-likeness (QED) is 0.753. The SMILES string of the molecule is c1ccc(COC2CCC(Nc3ncnc4[nH]ncc34)CC2)cc1. The van der Waals surface area contributed by atoms with Crippen LogP contribution in [0.2, 0.25) is 0 Å². The fourth-order valence-corrected chi connectivity index (χ4v) is 3.24. The molecule has 0 aliphatic heterocycles. The van der Waals surface area contributed by atoms with Crippen LogP contribution < -0.4 is 5.32 Å². The van der Waals surface area contributed by atoms with Crippen LogP contribution in [0.4, 0.5) is 5.82 Å². The molecule has 0 amide bonds. The number of benzene rings is 1. The van der Waals surface area contributed by atoms with Crippen LogP contribution in [0.15, 0.2) is 42.9 Å². The van der Waals surface area contributed by atoms with Crippen LogP contribution >= 0.6 is 0 Å². The van der Waals surface area contributed by atoms with Gasteiger partial charge in [0.1, 0.15) is 12.1 Å². The van der Waals surface area contributed by atoms with Crippen LogP contribution in [-0.4, -0.2) is 32.3 Å². The topological polar surface area (TPSA) is 75.7 Å². The van der Waals surface area contributed by atoms with E-state index in [9.17, 15) is 0 Å². The molecule has 0 unspecified atom stereocenters. The maximum Gasteiger partial charge on any atom is 0.160 e. The Labute approximate surface area is 140 Å². The third-order valence-electron chi connectivity index (χ3n) is 4.59. The molecule has 0 spiro atoms. The average molecular weight is 323 g/mol. The molecule has 1 aromatic carbocycles. The molecule has 124 valence electrons. The number of hydrogen-bond donors (Lipinski definition) is 2. The number of aromatic amines is 1. The number of rotatable bonds is 5. The molecule has 0 bridgehead atoms. The van der Waals surface area contributed by atoms with Crippen LogP contribution in [0, 0.1) is 0 Å². The lowest BCUT2D eigenvalue weighted by atomic mass is 9.93. The summed E-state index contributed by atoms with van der Waals surface area (Å²) in [6, 6.07) is 10.8. The normalized spacial score (nSPS) is 21.0. The Morgan fingerprint density at radius 2 is 1.92 bits per heavy atom. The maximum atomic E-state index is 6.06. The van der Waals surface area contributed by atoms with Crippen LogP contribution in [0.1, 0.15) is 31.2 Å². The first-order chi connectivity index (χ1) is 11.9. The van der Waals surface area contributed by atoms with Gasteiger partial charge in [0.15, 0.2) is 5.65 Å². The predicted octanol–water partition coefficient (Wildman–Crippen LogP) is 3.29. The summed E-state index contributed by atoms with van der Waals surface area (Å²) in [4.78, 5) is 8.53. The van der Waals surface area contributed by atoms with E-state index in [0.717, 1.165) is 42.5 Å². The fraction of sp³-hybridized carbons (Fsp3) is 0.389. The van der Waals surface area contributed by atoms with E-state index in [-0.39, 0.29) is 0 Å². The van der Waals surface area contributed by atoms with Crippen molar-refractivity contribution < 1.29 is 4.74 Å². The summed E-state index contributed by atoms with van der Waals surface area (Å²) < 4.78 is 6.06. The highest BCUT2D eigenvalue weighted by Gasteiger charge is 2.22. The van der Waals surface area contributed by atoms with Gasteiger partial charge in [0.25, 0.3) is 0 Å². The lowest BCUT2D eigenvalue weighted by Gasteiger charge is -2.29. The molecule has 0 saturated heterocycles. The molecule has 1 aliphatic rings. The summed E-state index contributed by atoms with van der Waals surface area (Å²) in [6.07, 6.45) is 8.01. The minimum absolute atomic E-state index is 0.350. The van der Waals surface area contributed by atoms with Gasteiger partial charge in [0, 0.05) is 6.04 Å². The van der Waals surface area contributed by atoms with E-state index in [1.165, 1.54) is 5.56 Å². The molecule has 0 radical (unpaired) electrons. The van der Waals surface area contributed by atoms with Crippen LogP contribution in [0.25, 0.3) is 11.0 Å². The highest BCUT2D eigenvalue weighted by atomic mass is 16.5. The van der Waals surface area contributed by atoms with Gasteiger partial charge in [0.05, 0.1) is 24.3 Å². The van der Waals surface area contributed by atoms with Crippen LogP contribution in [-0.2, 0) is 11.3 Å². The molecule has 24 heavy (non-hydrogen) atoms. The highest BCUT2D eigenvalue weighted by molar-refractivity contribution is 5.85. The molecule has 2 heterocycles. The standard InChI is InChI=1S/C18H21N5O/c1-2-4-13(5-3-1)11-24-15-8-6-14(7-9-15)22-17-16-10-21-23-18(16)20-12-19-17/h1-5,10,12,14-15H,6-9,11H2,(H2,19,20,21,22,23). The van der Waals surface area contributed by atoms with Gasteiger partial charge >= 0.3 is 0 Å². The zero-order valence-electron chi connectivity index (χ0n) is 13.5. The average Bonchev–Trinajstić information content (AvgIpc) is 3.12. The number of hydrogen-bond acceptors (Lipinski definition) is 5. The van der Waals surface area contributed by atoms with Gasteiger partial charge in [-0.15, -0.1) is 0 Å². The first-order valence-electron chi connectivity index (χ1n) is 8.44. The van der Waals surface area contributed by atoms with Gasteiger partial charge in [-0.1, -0.05) is 30.3 Å². The van der Waals surface area contributed by atoms with Crippen molar-refractivity contribution in [1.82, 2.24) is 20.2 Å². The Morgan fingerprint density at radius 3 is 2.75 bits per heavy atom. The van der Waals surface area contributed by atoms with E-state index < -0.39 is 0 Å². The number of nitrogens with one attached hydrogen (secondary N) is 2. The number of H-pyrrole nitrogens is 1. The van der Waals surface area contributed by atoms with Gasteiger partial charge < -0.3 is 10.1 Å². The zero-order chi connectivity index (χ0) is 16.2. The van der Waals surface area contributed by atoms with Crippen molar-refractivity contribution in [2.45, 2.75) is 44.4 Å². The molecular weight excluding hydrogens is 302 g/mol. The molecule has 6 heteroatoms. The second kappa shape index (κ2) is 6.97. The zero-order valence-corrected chi connectivity index (χ0v) is 13.5. The summed E-state index contributed by atoms with van der Waals surface area (Å²) in [6.45, 7) is 0.700. The number of ether oxygens (including phenoxy) is 1. The Morgan fingerprint density at radius 1 is 1.08 bits per heavy atom. The molecule has 6 nitrogen and oxygen atoms in total. The van der Waals surface area contributed by atoms with E-state index >= 15 is 0 Å². The van der Waals surface area contributed by atoms with Crippen molar-refractivity contribution in [1.29, 1.82) is 0 Å². The number of nitrogens with zero attached hydrogens (tertiary/aromatic N) is 3. The van der Waals surface area contributed by atoms with Crippen molar-refractivity contribution in [3.8, 4) is 0 Å². The van der Waals surface area contributed by atoms with Crippen molar-refractivity contribution in [2.24, 2.45) is 0 Å². The Bertz CT molecular complexity index is 780. The monoisotopic (exact) mass is 323 g/mol. The molecule has 1 fully saturated rings. The molecule has 2 aromatic heterocycles. The molecule has 1 saturated carbocycles. The Balaban J connectivity index is 1.29. The van der Waals surface area contributed by atoms with E-state index in [1.807, 2.05) is 6.07 Å². The minimum Gasteiger partial charge on any atom is -0.374 e. The first kappa shape index (κ1) is 15.1. The fourth-order valence-electron chi connectivity index (χ4n) is 3.24. The van der Waals surface area contributed by atoms with E-state index in [1.54, 1.807) is 12.5 Å². The second-order valence-electron chi connectivity index (χ2n) is 6.27. The van der Waals surface area contributed by atoms with Crippen molar-refractivity contribution in [3.05, 3.63) is 48.4 Å². The van der Waals surface area contributed by atoms with E-state index in [2.05, 4.69) is 49.7 Å². The van der Waals surface area contributed by atoms with Gasteiger partial charge in [-0.3, -0.25) is 5.10 Å². The molecule has 2 N–H and O–H groups in total. The summed E-state index contributed by atoms with van der Waals surface area (Å²) in [5.74, 6) is 0.863. The van der Waals surface area contributed by atoms with Crippen LogP contribution in [0.3, 0.4) is 0 Å². The van der Waals surface area contributed by atoms with Gasteiger partial charge in [-0.2, -0.15) is 5.10 Å². The maximum absolute atomic E-state index is 6.06. The second-order valence-corrected chi connectivity index (χ2v) is 6.27. The summed E-state index contributed by atoms with van der Waals surface area (Å²) in [5, 5.41) is 11.4. The van der Waals surface area contributed by atoms with Gasteiger partial charge in [0.2, 0.25) is 0 Å².